The molecule has 0 aliphatic carbocycles. The number of hydrogen-bond donors (Lipinski definition) is 3. The standard InChI is InChI=1S/C15H23NO3/c1-14(2,16-11-15(3,19)13(17)18)10-9-12-7-5-4-6-8-12/h4-8,16,19H,9-11H2,1-3H3,(H,17,18). The van der Waals surface area contributed by atoms with Crippen LogP contribution in [0, 0.1) is 0 Å². The van der Waals surface area contributed by atoms with Crippen LogP contribution >= 0.6 is 0 Å². The molecule has 4 heteroatoms. The van der Waals surface area contributed by atoms with Crippen molar-refractivity contribution in [3.63, 3.8) is 0 Å². The van der Waals surface area contributed by atoms with Gasteiger partial charge in [0.15, 0.2) is 5.60 Å². The summed E-state index contributed by atoms with van der Waals surface area (Å²) in [4.78, 5) is 10.8. The Morgan fingerprint density at radius 1 is 1.21 bits per heavy atom. The van der Waals surface area contributed by atoms with Crippen LogP contribution < -0.4 is 5.32 Å². The summed E-state index contributed by atoms with van der Waals surface area (Å²) in [6.07, 6.45) is 1.78. The fraction of sp³-hybridized carbons (Fsp3) is 0.533. The molecule has 4 nitrogen and oxygen atoms in total. The van der Waals surface area contributed by atoms with E-state index in [1.807, 2.05) is 32.0 Å². The number of carboxylic acid groups (broad SMARTS) is 1. The molecule has 0 heterocycles. The first-order chi connectivity index (χ1) is 8.73. The summed E-state index contributed by atoms with van der Waals surface area (Å²) in [6.45, 7) is 5.35. The third-order valence-electron chi connectivity index (χ3n) is 3.25. The molecule has 0 aromatic heterocycles. The van der Waals surface area contributed by atoms with E-state index >= 15 is 0 Å². The van der Waals surface area contributed by atoms with E-state index in [0.717, 1.165) is 12.8 Å². The van der Waals surface area contributed by atoms with Crippen LogP contribution in [0.25, 0.3) is 0 Å². The van der Waals surface area contributed by atoms with E-state index in [-0.39, 0.29) is 12.1 Å². The number of aliphatic carboxylic acids is 1. The molecule has 0 aliphatic heterocycles. The summed E-state index contributed by atoms with van der Waals surface area (Å²) in [5.41, 5.74) is -0.707. The Balaban J connectivity index is 2.46. The molecule has 0 radical (unpaired) electrons. The summed E-state index contributed by atoms with van der Waals surface area (Å²) < 4.78 is 0. The van der Waals surface area contributed by atoms with Gasteiger partial charge < -0.3 is 15.5 Å². The van der Waals surface area contributed by atoms with Gasteiger partial charge in [0.05, 0.1) is 0 Å². The largest absolute Gasteiger partial charge is 0.479 e. The fourth-order valence-electron chi connectivity index (χ4n) is 1.68. The Morgan fingerprint density at radius 2 is 1.79 bits per heavy atom. The molecule has 1 unspecified atom stereocenters. The predicted molar refractivity (Wildman–Crippen MR) is 75.1 cm³/mol. The Bertz CT molecular complexity index is 413. The Kier molecular flexibility index (Phi) is 5.09. The number of rotatable bonds is 7. The lowest BCUT2D eigenvalue weighted by atomic mass is 9.94. The monoisotopic (exact) mass is 265 g/mol. The highest BCUT2D eigenvalue weighted by Crippen LogP contribution is 2.15. The van der Waals surface area contributed by atoms with E-state index in [9.17, 15) is 9.90 Å². The van der Waals surface area contributed by atoms with Crippen LogP contribution in [0.4, 0.5) is 0 Å². The Hall–Kier alpha value is -1.39. The normalized spacial score (nSPS) is 14.9. The molecule has 106 valence electrons. The molecule has 1 atom stereocenters. The lowest BCUT2D eigenvalue weighted by molar-refractivity contribution is -0.156. The van der Waals surface area contributed by atoms with Gasteiger partial charge in [-0.25, -0.2) is 4.79 Å². The minimum atomic E-state index is -1.73. The van der Waals surface area contributed by atoms with Crippen molar-refractivity contribution in [1.82, 2.24) is 5.32 Å². The van der Waals surface area contributed by atoms with Crippen molar-refractivity contribution in [3.05, 3.63) is 35.9 Å². The van der Waals surface area contributed by atoms with Crippen LogP contribution in [0.15, 0.2) is 30.3 Å². The Morgan fingerprint density at radius 3 is 2.32 bits per heavy atom. The smallest absolute Gasteiger partial charge is 0.336 e. The minimum Gasteiger partial charge on any atom is -0.479 e. The summed E-state index contributed by atoms with van der Waals surface area (Å²) in [7, 11) is 0. The molecule has 0 spiro atoms. The molecule has 1 rings (SSSR count). The lowest BCUT2D eigenvalue weighted by Gasteiger charge is -2.30. The highest BCUT2D eigenvalue weighted by atomic mass is 16.4. The van der Waals surface area contributed by atoms with Crippen molar-refractivity contribution < 1.29 is 15.0 Å². The van der Waals surface area contributed by atoms with E-state index in [2.05, 4.69) is 17.4 Å². The number of β-amino-alcohol motifs (C(OH)–C–C–N with tert-alkyl or cyclic N) is 1. The molecule has 0 aliphatic rings. The molecule has 0 saturated heterocycles. The van der Waals surface area contributed by atoms with E-state index in [0.29, 0.717) is 0 Å². The molecule has 3 N–H and O–H groups in total. The summed E-state index contributed by atoms with van der Waals surface area (Å²) in [6, 6.07) is 10.1. The highest BCUT2D eigenvalue weighted by molar-refractivity contribution is 5.76. The first kappa shape index (κ1) is 15.7. The number of hydrogen-bond acceptors (Lipinski definition) is 3. The second-order valence-electron chi connectivity index (χ2n) is 5.80. The number of aliphatic hydroxyl groups is 1. The van der Waals surface area contributed by atoms with Crippen LogP contribution in [0.1, 0.15) is 32.8 Å². The van der Waals surface area contributed by atoms with Crippen molar-refractivity contribution in [1.29, 1.82) is 0 Å². The molecule has 19 heavy (non-hydrogen) atoms. The quantitative estimate of drug-likeness (QED) is 0.703. The summed E-state index contributed by atoms with van der Waals surface area (Å²) in [5.74, 6) is -1.21. The second kappa shape index (κ2) is 6.17. The van der Waals surface area contributed by atoms with Gasteiger partial charge in [-0.05, 0) is 39.2 Å². The van der Waals surface area contributed by atoms with E-state index in [4.69, 9.17) is 5.11 Å². The average Bonchev–Trinajstić information content (AvgIpc) is 2.36. The third kappa shape index (κ3) is 5.41. The molecule has 0 fully saturated rings. The van der Waals surface area contributed by atoms with Gasteiger partial charge in [0.1, 0.15) is 0 Å². The maximum atomic E-state index is 10.8. The van der Waals surface area contributed by atoms with Gasteiger partial charge in [-0.3, -0.25) is 0 Å². The molecular formula is C15H23NO3. The molecule has 1 aromatic rings. The lowest BCUT2D eigenvalue weighted by Crippen LogP contribution is -2.51. The van der Waals surface area contributed by atoms with Gasteiger partial charge in [0.2, 0.25) is 0 Å². The van der Waals surface area contributed by atoms with E-state index < -0.39 is 11.6 Å². The zero-order valence-corrected chi connectivity index (χ0v) is 11.8. The zero-order valence-electron chi connectivity index (χ0n) is 11.8. The number of carbonyl (C=O) groups is 1. The van der Waals surface area contributed by atoms with Crippen LogP contribution in [-0.2, 0) is 11.2 Å². The topological polar surface area (TPSA) is 69.6 Å². The SMILES string of the molecule is CC(C)(CCc1ccccc1)NCC(C)(O)C(=O)O. The van der Waals surface area contributed by atoms with Gasteiger partial charge in [-0.2, -0.15) is 0 Å². The van der Waals surface area contributed by atoms with E-state index in [1.165, 1.54) is 12.5 Å². The van der Waals surface area contributed by atoms with Crippen LogP contribution in [-0.4, -0.2) is 33.9 Å². The Labute approximate surface area is 114 Å². The second-order valence-corrected chi connectivity index (χ2v) is 5.80. The average molecular weight is 265 g/mol. The van der Waals surface area contributed by atoms with Gasteiger partial charge in [0, 0.05) is 12.1 Å². The number of benzene rings is 1. The number of nitrogens with one attached hydrogen (secondary N) is 1. The number of carboxylic acids is 1. The van der Waals surface area contributed by atoms with Crippen LogP contribution in [0.3, 0.4) is 0 Å². The molecule has 0 bridgehead atoms. The van der Waals surface area contributed by atoms with Crippen molar-refractivity contribution >= 4 is 5.97 Å². The zero-order chi connectivity index (χ0) is 14.5. The number of aryl methyl sites for hydroxylation is 1. The predicted octanol–water partition coefficient (Wildman–Crippen LogP) is 1.82. The van der Waals surface area contributed by atoms with Gasteiger partial charge in [-0.1, -0.05) is 30.3 Å². The van der Waals surface area contributed by atoms with Gasteiger partial charge in [0.25, 0.3) is 0 Å². The summed E-state index contributed by atoms with van der Waals surface area (Å²) >= 11 is 0. The summed E-state index contributed by atoms with van der Waals surface area (Å²) in [5, 5.41) is 21.7. The first-order valence-electron chi connectivity index (χ1n) is 6.48. The molecular weight excluding hydrogens is 242 g/mol. The van der Waals surface area contributed by atoms with Crippen molar-refractivity contribution in [2.75, 3.05) is 6.54 Å². The van der Waals surface area contributed by atoms with Crippen molar-refractivity contribution in [2.45, 2.75) is 44.8 Å². The van der Waals surface area contributed by atoms with Crippen LogP contribution in [0.2, 0.25) is 0 Å². The van der Waals surface area contributed by atoms with Crippen LogP contribution in [0.5, 0.6) is 0 Å². The maximum Gasteiger partial charge on any atom is 0.336 e. The van der Waals surface area contributed by atoms with Gasteiger partial charge >= 0.3 is 5.97 Å². The molecule has 0 amide bonds. The van der Waals surface area contributed by atoms with E-state index in [1.54, 1.807) is 0 Å². The molecule has 0 saturated carbocycles. The first-order valence-corrected chi connectivity index (χ1v) is 6.48. The third-order valence-corrected chi connectivity index (χ3v) is 3.25. The molecule has 1 aromatic carbocycles. The van der Waals surface area contributed by atoms with Crippen molar-refractivity contribution in [3.8, 4) is 0 Å². The van der Waals surface area contributed by atoms with Gasteiger partial charge in [-0.15, -0.1) is 0 Å². The minimum absolute atomic E-state index is 0.0319. The van der Waals surface area contributed by atoms with Crippen molar-refractivity contribution in [2.24, 2.45) is 0 Å². The highest BCUT2D eigenvalue weighted by Gasteiger charge is 2.31. The maximum absolute atomic E-state index is 10.8. The fourth-order valence-corrected chi connectivity index (χ4v) is 1.68.